The zero-order valence-corrected chi connectivity index (χ0v) is 12.7. The Morgan fingerprint density at radius 1 is 1.20 bits per heavy atom. The summed E-state index contributed by atoms with van der Waals surface area (Å²) in [7, 11) is 0. The molecule has 0 aliphatic carbocycles. The van der Waals surface area contributed by atoms with Crippen molar-refractivity contribution in [3.05, 3.63) is 35.4 Å². The van der Waals surface area contributed by atoms with Gasteiger partial charge in [0.25, 0.3) is 0 Å². The Labute approximate surface area is 122 Å². The van der Waals surface area contributed by atoms with Crippen LogP contribution in [0.3, 0.4) is 0 Å². The molecule has 1 N–H and O–H groups in total. The smallest absolute Gasteiger partial charge is 0.236 e. The summed E-state index contributed by atoms with van der Waals surface area (Å²) in [5.74, 6) is 0.242. The number of benzene rings is 1. The number of amides is 1. The normalized spacial score (nSPS) is 16.4. The predicted molar refractivity (Wildman–Crippen MR) is 82.7 cm³/mol. The lowest BCUT2D eigenvalue weighted by atomic mass is 10.0. The number of rotatable bonds is 6. The highest BCUT2D eigenvalue weighted by Crippen LogP contribution is 2.17. The van der Waals surface area contributed by atoms with Crippen LogP contribution < -0.4 is 5.32 Å². The van der Waals surface area contributed by atoms with Crippen molar-refractivity contribution < 1.29 is 4.79 Å². The fourth-order valence-corrected chi connectivity index (χ4v) is 2.77. The van der Waals surface area contributed by atoms with Crippen molar-refractivity contribution in [2.75, 3.05) is 19.6 Å². The number of hydrogen-bond acceptors (Lipinski definition) is 2. The van der Waals surface area contributed by atoms with Crippen LogP contribution >= 0.6 is 0 Å². The van der Waals surface area contributed by atoms with Crippen molar-refractivity contribution in [3.63, 3.8) is 0 Å². The van der Waals surface area contributed by atoms with Crippen molar-refractivity contribution in [1.82, 2.24) is 10.2 Å². The van der Waals surface area contributed by atoms with Crippen molar-refractivity contribution in [2.45, 2.75) is 45.6 Å². The van der Waals surface area contributed by atoms with E-state index in [1.165, 1.54) is 11.1 Å². The third kappa shape index (κ3) is 3.83. The van der Waals surface area contributed by atoms with Crippen molar-refractivity contribution in [3.8, 4) is 0 Å². The van der Waals surface area contributed by atoms with Gasteiger partial charge in [0.15, 0.2) is 0 Å². The molecule has 1 aliphatic rings. The van der Waals surface area contributed by atoms with E-state index in [2.05, 4.69) is 43.4 Å². The molecular weight excluding hydrogens is 248 g/mol. The van der Waals surface area contributed by atoms with Gasteiger partial charge in [-0.05, 0) is 36.8 Å². The zero-order valence-electron chi connectivity index (χ0n) is 12.7. The minimum absolute atomic E-state index is 0.242. The van der Waals surface area contributed by atoms with Gasteiger partial charge in [0, 0.05) is 19.1 Å². The van der Waals surface area contributed by atoms with Crippen LogP contribution in [0.4, 0.5) is 0 Å². The summed E-state index contributed by atoms with van der Waals surface area (Å²) < 4.78 is 0. The van der Waals surface area contributed by atoms with E-state index in [4.69, 9.17) is 0 Å². The van der Waals surface area contributed by atoms with Gasteiger partial charge in [-0.25, -0.2) is 0 Å². The quantitative estimate of drug-likeness (QED) is 0.865. The van der Waals surface area contributed by atoms with Gasteiger partial charge in [0.1, 0.15) is 0 Å². The topological polar surface area (TPSA) is 32.3 Å². The van der Waals surface area contributed by atoms with Gasteiger partial charge < -0.3 is 10.2 Å². The van der Waals surface area contributed by atoms with E-state index in [0.717, 1.165) is 38.8 Å². The minimum Gasteiger partial charge on any atom is -0.342 e. The molecule has 2 rings (SSSR count). The lowest BCUT2D eigenvalue weighted by Gasteiger charge is -2.20. The summed E-state index contributed by atoms with van der Waals surface area (Å²) in [6.07, 6.45) is 4.37. The molecule has 1 aromatic rings. The molecular formula is C17H26N2O. The molecule has 1 saturated heterocycles. The first kappa shape index (κ1) is 15.0. The van der Waals surface area contributed by atoms with Crippen LogP contribution in [0.1, 0.15) is 50.3 Å². The average Bonchev–Trinajstić information content (AvgIpc) is 3.02. The maximum atomic E-state index is 12.1. The molecule has 1 amide bonds. The van der Waals surface area contributed by atoms with Gasteiger partial charge in [0.05, 0.1) is 6.54 Å². The standard InChI is InChI=1S/C17H26N2O/c1-3-14-7-9-15(10-8-14)16(4-2)18-13-17(20)19-11-5-6-12-19/h7-10,16,18H,3-6,11-13H2,1-2H3. The fourth-order valence-electron chi connectivity index (χ4n) is 2.77. The number of carbonyl (C=O) groups is 1. The molecule has 1 heterocycles. The van der Waals surface area contributed by atoms with Crippen LogP contribution in [0.2, 0.25) is 0 Å². The largest absolute Gasteiger partial charge is 0.342 e. The van der Waals surface area contributed by atoms with E-state index >= 15 is 0 Å². The molecule has 1 fully saturated rings. The Morgan fingerprint density at radius 2 is 1.85 bits per heavy atom. The van der Waals surface area contributed by atoms with E-state index in [1.807, 2.05) is 4.90 Å². The van der Waals surface area contributed by atoms with Crippen LogP contribution in [0.5, 0.6) is 0 Å². The molecule has 0 bridgehead atoms. The van der Waals surface area contributed by atoms with E-state index in [-0.39, 0.29) is 11.9 Å². The Hall–Kier alpha value is -1.35. The number of hydrogen-bond donors (Lipinski definition) is 1. The molecule has 20 heavy (non-hydrogen) atoms. The van der Waals surface area contributed by atoms with Gasteiger partial charge in [-0.2, -0.15) is 0 Å². The highest BCUT2D eigenvalue weighted by molar-refractivity contribution is 5.78. The second-order valence-corrected chi connectivity index (χ2v) is 5.52. The molecule has 1 atom stereocenters. The molecule has 1 aliphatic heterocycles. The second kappa shape index (κ2) is 7.44. The van der Waals surface area contributed by atoms with Crippen LogP contribution in [0.15, 0.2) is 24.3 Å². The summed E-state index contributed by atoms with van der Waals surface area (Å²) in [4.78, 5) is 14.0. The molecule has 110 valence electrons. The van der Waals surface area contributed by atoms with Crippen molar-refractivity contribution in [2.24, 2.45) is 0 Å². The summed E-state index contributed by atoms with van der Waals surface area (Å²) >= 11 is 0. The number of carbonyl (C=O) groups excluding carboxylic acids is 1. The Kier molecular flexibility index (Phi) is 5.60. The molecule has 3 nitrogen and oxygen atoms in total. The van der Waals surface area contributed by atoms with Crippen molar-refractivity contribution in [1.29, 1.82) is 0 Å². The fraction of sp³-hybridized carbons (Fsp3) is 0.588. The monoisotopic (exact) mass is 274 g/mol. The molecule has 1 aromatic carbocycles. The highest BCUT2D eigenvalue weighted by atomic mass is 16.2. The summed E-state index contributed by atoms with van der Waals surface area (Å²) in [6.45, 7) is 6.64. The molecule has 0 aromatic heterocycles. The summed E-state index contributed by atoms with van der Waals surface area (Å²) in [5.41, 5.74) is 2.63. The van der Waals surface area contributed by atoms with Crippen LogP contribution in [-0.2, 0) is 11.2 Å². The summed E-state index contributed by atoms with van der Waals surface area (Å²) in [6, 6.07) is 9.00. The van der Waals surface area contributed by atoms with Gasteiger partial charge in [-0.3, -0.25) is 4.79 Å². The first-order valence-electron chi connectivity index (χ1n) is 7.84. The van der Waals surface area contributed by atoms with Gasteiger partial charge >= 0.3 is 0 Å². The molecule has 0 spiro atoms. The lowest BCUT2D eigenvalue weighted by Crippen LogP contribution is -2.37. The predicted octanol–water partition coefficient (Wildman–Crippen LogP) is 2.91. The number of nitrogens with zero attached hydrogens (tertiary/aromatic N) is 1. The highest BCUT2D eigenvalue weighted by Gasteiger charge is 2.18. The molecule has 1 unspecified atom stereocenters. The Morgan fingerprint density at radius 3 is 2.40 bits per heavy atom. The third-order valence-corrected chi connectivity index (χ3v) is 4.16. The van der Waals surface area contributed by atoms with Crippen LogP contribution in [0, 0.1) is 0 Å². The van der Waals surface area contributed by atoms with Crippen LogP contribution in [-0.4, -0.2) is 30.4 Å². The Balaban J connectivity index is 1.89. The number of aryl methyl sites for hydroxylation is 1. The first-order valence-corrected chi connectivity index (χ1v) is 7.84. The van der Waals surface area contributed by atoms with Gasteiger partial charge in [0.2, 0.25) is 5.91 Å². The first-order chi connectivity index (χ1) is 9.74. The molecule has 3 heteroatoms. The van der Waals surface area contributed by atoms with E-state index in [0.29, 0.717) is 6.54 Å². The Bertz CT molecular complexity index is 421. The van der Waals surface area contributed by atoms with Gasteiger partial charge in [-0.1, -0.05) is 38.1 Å². The van der Waals surface area contributed by atoms with E-state index in [1.54, 1.807) is 0 Å². The molecule has 0 radical (unpaired) electrons. The van der Waals surface area contributed by atoms with Crippen molar-refractivity contribution >= 4 is 5.91 Å². The maximum Gasteiger partial charge on any atom is 0.236 e. The van der Waals surface area contributed by atoms with Gasteiger partial charge in [-0.15, -0.1) is 0 Å². The lowest BCUT2D eigenvalue weighted by molar-refractivity contribution is -0.129. The maximum absolute atomic E-state index is 12.1. The molecule has 0 saturated carbocycles. The second-order valence-electron chi connectivity index (χ2n) is 5.52. The zero-order chi connectivity index (χ0) is 14.4. The number of likely N-dealkylation sites (tertiary alicyclic amines) is 1. The van der Waals surface area contributed by atoms with Crippen LogP contribution in [0.25, 0.3) is 0 Å². The third-order valence-electron chi connectivity index (χ3n) is 4.16. The SMILES string of the molecule is CCc1ccc(C(CC)NCC(=O)N2CCCC2)cc1. The number of nitrogens with one attached hydrogen (secondary N) is 1. The minimum atomic E-state index is 0.242. The van der Waals surface area contributed by atoms with E-state index in [9.17, 15) is 4.79 Å². The van der Waals surface area contributed by atoms with E-state index < -0.39 is 0 Å². The summed E-state index contributed by atoms with van der Waals surface area (Å²) in [5, 5.41) is 3.41. The average molecular weight is 274 g/mol.